The van der Waals surface area contributed by atoms with E-state index in [1.54, 1.807) is 13.0 Å². The third-order valence-electron chi connectivity index (χ3n) is 4.42. The Labute approximate surface area is 214 Å². The number of amides is 1. The van der Waals surface area contributed by atoms with Gasteiger partial charge >= 0.3 is 12.5 Å². The molecule has 0 saturated heterocycles. The second-order valence-electron chi connectivity index (χ2n) is 7.63. The van der Waals surface area contributed by atoms with Crippen molar-refractivity contribution in [2.24, 2.45) is 0 Å². The molecule has 0 aliphatic carbocycles. The van der Waals surface area contributed by atoms with Gasteiger partial charge in [0.15, 0.2) is 17.3 Å². The van der Waals surface area contributed by atoms with Gasteiger partial charge in [-0.05, 0) is 48.6 Å². The molecule has 192 valence electrons. The Morgan fingerprint density at radius 3 is 2.13 bits per heavy atom. The van der Waals surface area contributed by atoms with Crippen LogP contribution in [0.1, 0.15) is 21.6 Å². The number of pyridine rings is 1. The lowest BCUT2D eigenvalue weighted by atomic mass is 9.52. The summed E-state index contributed by atoms with van der Waals surface area (Å²) < 4.78 is 107. The molecule has 2 aromatic carbocycles. The molecule has 0 spiro atoms. The molecule has 1 aromatic heterocycles. The zero-order chi connectivity index (χ0) is 28.5. The highest BCUT2D eigenvalue weighted by molar-refractivity contribution is 6.58. The summed E-state index contributed by atoms with van der Waals surface area (Å²) in [6.45, 7) is 1.56. The average molecular weight is 534 g/mol. The Morgan fingerprint density at radius 1 is 0.895 bits per heavy atom. The van der Waals surface area contributed by atoms with E-state index in [4.69, 9.17) is 33.0 Å². The maximum absolute atomic E-state index is 15.1. The molecule has 6 radical (unpaired) electrons. The number of nitrogens with one attached hydrogen (secondary N) is 1. The smallest absolute Gasteiger partial charge is 0.512 e. The number of hydrogen-bond acceptors (Lipinski definition) is 5. The largest absolute Gasteiger partial charge is 0.573 e. The number of halogens is 7. The predicted molar refractivity (Wildman–Crippen MR) is 122 cm³/mol. The standard InChI is InChI=1S/C22H12B3F7N2O4/c1-10-3-2-4-16(33-10)34-19(35)17-14(8-6-12(18(17)26)20(27,28)29)36-13-7-5-11(37-22(30,31)32)9-15(13)38-21(23,24)25/h2-9H,1H3,(H,33,34,35). The minimum atomic E-state index is -5.19. The quantitative estimate of drug-likeness (QED) is 0.342. The van der Waals surface area contributed by atoms with Gasteiger partial charge in [0, 0.05) is 11.8 Å². The Morgan fingerprint density at radius 2 is 1.55 bits per heavy atom. The molecular weight excluding hydrogens is 522 g/mol. The summed E-state index contributed by atoms with van der Waals surface area (Å²) in [4.78, 5) is 16.8. The van der Waals surface area contributed by atoms with Crippen molar-refractivity contribution in [1.29, 1.82) is 0 Å². The average Bonchev–Trinajstić information content (AvgIpc) is 2.72. The summed E-state index contributed by atoms with van der Waals surface area (Å²) in [5, 5.41) is -0.316. The molecule has 0 bridgehead atoms. The molecule has 1 amide bonds. The second-order valence-corrected chi connectivity index (χ2v) is 7.63. The first-order chi connectivity index (χ1) is 17.4. The highest BCUT2D eigenvalue weighted by Gasteiger charge is 2.38. The van der Waals surface area contributed by atoms with Gasteiger partial charge in [-0.1, -0.05) is 6.07 Å². The Hall–Kier alpha value is -3.84. The van der Waals surface area contributed by atoms with E-state index < -0.39 is 63.7 Å². The van der Waals surface area contributed by atoms with Crippen molar-refractivity contribution in [3.05, 3.63) is 71.2 Å². The third kappa shape index (κ3) is 7.59. The Kier molecular flexibility index (Phi) is 7.94. The highest BCUT2D eigenvalue weighted by atomic mass is 19.4. The van der Waals surface area contributed by atoms with Crippen LogP contribution in [0.15, 0.2) is 48.5 Å². The van der Waals surface area contributed by atoms with Crippen LogP contribution in [-0.2, 0) is 6.18 Å². The van der Waals surface area contributed by atoms with Crippen molar-refractivity contribution in [3.8, 4) is 23.0 Å². The normalized spacial score (nSPS) is 12.1. The number of nitrogens with zero attached hydrogens (tertiary/aromatic N) is 1. The summed E-state index contributed by atoms with van der Waals surface area (Å²) in [5.74, 6) is -6.37. The maximum Gasteiger partial charge on any atom is 0.573 e. The molecule has 3 rings (SSSR count). The van der Waals surface area contributed by atoms with E-state index in [0.717, 1.165) is 12.1 Å². The molecule has 0 atom stereocenters. The fraction of sp³-hybridized carbons (Fsp3) is 0.182. The van der Waals surface area contributed by atoms with Crippen LogP contribution in [-0.4, -0.2) is 46.1 Å². The molecule has 1 N–H and O–H groups in total. The zero-order valence-corrected chi connectivity index (χ0v) is 19.1. The van der Waals surface area contributed by atoms with Crippen LogP contribution < -0.4 is 19.5 Å². The van der Waals surface area contributed by atoms with Gasteiger partial charge in [0.1, 0.15) is 46.4 Å². The molecule has 0 aliphatic heterocycles. The van der Waals surface area contributed by atoms with E-state index in [-0.39, 0.29) is 5.82 Å². The minimum Gasteiger partial charge on any atom is -0.512 e. The first kappa shape index (κ1) is 28.7. The van der Waals surface area contributed by atoms with Crippen molar-refractivity contribution in [1.82, 2.24) is 4.98 Å². The van der Waals surface area contributed by atoms with Gasteiger partial charge in [0.05, 0.1) is 5.56 Å². The van der Waals surface area contributed by atoms with Gasteiger partial charge in [0.2, 0.25) is 0 Å². The Bertz CT molecular complexity index is 1350. The lowest BCUT2D eigenvalue weighted by Crippen LogP contribution is -2.37. The lowest BCUT2D eigenvalue weighted by Gasteiger charge is -2.25. The second kappa shape index (κ2) is 10.5. The molecular formula is C22H12B3F7N2O4. The number of anilines is 1. The first-order valence-electron chi connectivity index (χ1n) is 10.2. The third-order valence-corrected chi connectivity index (χ3v) is 4.42. The number of ether oxygens (including phenoxy) is 3. The Balaban J connectivity index is 2.10. The molecule has 0 saturated carbocycles. The summed E-state index contributed by atoms with van der Waals surface area (Å²) in [6.07, 6.45) is -10.3. The molecule has 0 unspecified atom stereocenters. The molecule has 0 aliphatic rings. The van der Waals surface area contributed by atoms with Crippen molar-refractivity contribution >= 4 is 35.3 Å². The van der Waals surface area contributed by atoms with Crippen LogP contribution in [0.5, 0.6) is 23.0 Å². The highest BCUT2D eigenvalue weighted by Crippen LogP contribution is 2.41. The van der Waals surface area contributed by atoms with E-state index in [2.05, 4.69) is 15.0 Å². The first-order valence-corrected chi connectivity index (χ1v) is 10.2. The number of aromatic nitrogens is 1. The van der Waals surface area contributed by atoms with Crippen LogP contribution in [0.3, 0.4) is 0 Å². The number of alkyl halides is 6. The van der Waals surface area contributed by atoms with Gasteiger partial charge in [-0.2, -0.15) is 13.2 Å². The predicted octanol–water partition coefficient (Wildman–Crippen LogP) is 4.99. The van der Waals surface area contributed by atoms with Crippen molar-refractivity contribution < 1.29 is 49.7 Å². The van der Waals surface area contributed by atoms with Crippen LogP contribution in [0, 0.1) is 12.7 Å². The van der Waals surface area contributed by atoms with Crippen LogP contribution in [0.4, 0.5) is 36.6 Å². The lowest BCUT2D eigenvalue weighted by molar-refractivity contribution is -0.274. The van der Waals surface area contributed by atoms with E-state index in [0.29, 0.717) is 23.9 Å². The molecule has 3 aromatic rings. The van der Waals surface area contributed by atoms with Gasteiger partial charge in [-0.25, -0.2) is 9.37 Å². The van der Waals surface area contributed by atoms with E-state index in [1.807, 2.05) is 0 Å². The van der Waals surface area contributed by atoms with Gasteiger partial charge in [-0.15, -0.1) is 13.2 Å². The van der Waals surface area contributed by atoms with Crippen LogP contribution in [0.2, 0.25) is 0 Å². The molecule has 0 fully saturated rings. The van der Waals surface area contributed by atoms with Gasteiger partial charge in [0.25, 0.3) is 5.91 Å². The zero-order valence-electron chi connectivity index (χ0n) is 19.1. The number of aryl methyl sites for hydroxylation is 1. The topological polar surface area (TPSA) is 69.7 Å². The molecule has 6 nitrogen and oxygen atoms in total. The van der Waals surface area contributed by atoms with Gasteiger partial charge < -0.3 is 19.5 Å². The van der Waals surface area contributed by atoms with E-state index in [1.165, 1.54) is 12.1 Å². The summed E-state index contributed by atoms with van der Waals surface area (Å²) in [7, 11) is 16.0. The molecule has 1 heterocycles. The number of rotatable bonds is 7. The summed E-state index contributed by atoms with van der Waals surface area (Å²) in [5.41, 5.74) is -2.56. The van der Waals surface area contributed by atoms with Crippen molar-refractivity contribution in [2.75, 3.05) is 5.32 Å². The van der Waals surface area contributed by atoms with Crippen LogP contribution >= 0.6 is 0 Å². The minimum absolute atomic E-state index is 0.116. The monoisotopic (exact) mass is 534 g/mol. The summed E-state index contributed by atoms with van der Waals surface area (Å²) in [6, 6.07) is 7.40. The number of benzene rings is 2. The van der Waals surface area contributed by atoms with Crippen molar-refractivity contribution in [3.63, 3.8) is 0 Å². The fourth-order valence-electron chi connectivity index (χ4n) is 3.02. The van der Waals surface area contributed by atoms with Crippen LogP contribution in [0.25, 0.3) is 0 Å². The fourth-order valence-corrected chi connectivity index (χ4v) is 3.02. The van der Waals surface area contributed by atoms with Crippen molar-refractivity contribution in [2.45, 2.75) is 24.8 Å². The molecule has 38 heavy (non-hydrogen) atoms. The van der Waals surface area contributed by atoms with E-state index in [9.17, 15) is 31.1 Å². The SMILES string of the molecule is [B]C([B])([B])Oc1cc(OC(F)(F)F)ccc1Oc1ccc(C(F)(F)F)c(F)c1C(=O)Nc1cccc(C)n1. The summed E-state index contributed by atoms with van der Waals surface area (Å²) >= 11 is 0. The molecule has 16 heteroatoms. The number of carbonyl (C=O) groups is 1. The number of carbonyl (C=O) groups excluding carboxylic acids is 1. The van der Waals surface area contributed by atoms with E-state index >= 15 is 4.39 Å². The maximum atomic E-state index is 15.1. The number of hydrogen-bond donors (Lipinski definition) is 1. The van der Waals surface area contributed by atoms with Gasteiger partial charge in [-0.3, -0.25) is 4.79 Å².